The largest absolute Gasteiger partial charge is 0.443 e. The molecule has 7 nitrogen and oxygen atoms in total. The second-order valence-electron chi connectivity index (χ2n) is 6.40. The number of hydrogen-bond acceptors (Lipinski definition) is 6. The van der Waals surface area contributed by atoms with Gasteiger partial charge in [-0.2, -0.15) is 0 Å². The van der Waals surface area contributed by atoms with E-state index >= 15 is 0 Å². The van der Waals surface area contributed by atoms with Gasteiger partial charge < -0.3 is 14.2 Å². The molecular weight excluding hydrogens is 314 g/mol. The van der Waals surface area contributed by atoms with E-state index in [4.69, 9.17) is 14.2 Å². The summed E-state index contributed by atoms with van der Waals surface area (Å²) in [6.45, 7) is 5.17. The Morgan fingerprint density at radius 2 is 1.79 bits per heavy atom. The van der Waals surface area contributed by atoms with E-state index in [2.05, 4.69) is 0 Å². The molecule has 0 bridgehead atoms. The van der Waals surface area contributed by atoms with Crippen LogP contribution in [-0.4, -0.2) is 48.3 Å². The number of nitrogens with zero attached hydrogens (tertiary/aromatic N) is 1. The van der Waals surface area contributed by atoms with Gasteiger partial charge in [0.2, 0.25) is 11.6 Å². The van der Waals surface area contributed by atoms with Gasteiger partial charge in [0, 0.05) is 32.4 Å². The van der Waals surface area contributed by atoms with E-state index < -0.39 is 29.6 Å². The molecule has 1 aliphatic carbocycles. The molecule has 0 amide bonds. The van der Waals surface area contributed by atoms with Gasteiger partial charge in [-0.25, -0.2) is 9.36 Å². The molecule has 130 valence electrons. The Kier molecular flexibility index (Phi) is 5.05. The topological polar surface area (TPSA) is 83.8 Å². The predicted octanol–water partition coefficient (Wildman–Crippen LogP) is 2.21. The second-order valence-corrected chi connectivity index (χ2v) is 6.40. The highest BCUT2D eigenvalue weighted by Gasteiger charge is 2.32. The second kappa shape index (κ2) is 6.70. The predicted molar refractivity (Wildman–Crippen MR) is 85.9 cm³/mol. The van der Waals surface area contributed by atoms with Crippen molar-refractivity contribution in [3.8, 4) is 0 Å². The summed E-state index contributed by atoms with van der Waals surface area (Å²) in [6, 6.07) is 0. The van der Waals surface area contributed by atoms with Crippen molar-refractivity contribution in [1.29, 1.82) is 0 Å². The summed E-state index contributed by atoms with van der Waals surface area (Å²) in [5.74, 6) is -1.41. The normalized spacial score (nSPS) is 14.2. The van der Waals surface area contributed by atoms with E-state index in [9.17, 15) is 14.4 Å². The van der Waals surface area contributed by atoms with Crippen LogP contribution in [0.2, 0.25) is 0 Å². The third-order valence-corrected chi connectivity index (χ3v) is 3.47. The summed E-state index contributed by atoms with van der Waals surface area (Å²) < 4.78 is 16.7. The molecule has 0 N–H and O–H groups in total. The maximum Gasteiger partial charge on any atom is 0.419 e. The van der Waals surface area contributed by atoms with E-state index in [1.807, 2.05) is 0 Å². The molecule has 0 saturated carbocycles. The molecule has 0 spiro atoms. The number of hydrogen-bond donors (Lipinski definition) is 0. The standard InChI is InChI=1S/C17H21NO6/c1-17(2,3)24-16(21)18-9-10(8-13(22-4)23-5)11-6-7-12(19)15(20)14(11)18/h6-7,9,13H,8H2,1-5H3. The van der Waals surface area contributed by atoms with E-state index in [-0.39, 0.29) is 5.69 Å². The summed E-state index contributed by atoms with van der Waals surface area (Å²) in [7, 11) is 2.99. The van der Waals surface area contributed by atoms with Crippen LogP contribution >= 0.6 is 0 Å². The molecule has 2 rings (SSSR count). The Balaban J connectivity index is 2.50. The van der Waals surface area contributed by atoms with Gasteiger partial charge in [-0.1, -0.05) is 0 Å². The average molecular weight is 335 g/mol. The first-order valence-corrected chi connectivity index (χ1v) is 7.48. The number of ether oxygens (including phenoxy) is 3. The van der Waals surface area contributed by atoms with Crippen molar-refractivity contribution in [2.75, 3.05) is 14.2 Å². The third kappa shape index (κ3) is 3.63. The first-order valence-electron chi connectivity index (χ1n) is 7.48. The van der Waals surface area contributed by atoms with Gasteiger partial charge in [-0.05, 0) is 38.5 Å². The van der Waals surface area contributed by atoms with Gasteiger partial charge in [0.05, 0.1) is 0 Å². The summed E-state index contributed by atoms with van der Waals surface area (Å²) >= 11 is 0. The first-order chi connectivity index (χ1) is 11.2. The van der Waals surface area contributed by atoms with Crippen LogP contribution in [0.25, 0.3) is 6.08 Å². The van der Waals surface area contributed by atoms with Crippen molar-refractivity contribution in [3.05, 3.63) is 29.1 Å². The minimum atomic E-state index is -0.740. The molecule has 0 saturated heterocycles. The van der Waals surface area contributed by atoms with Crippen LogP contribution in [0.5, 0.6) is 0 Å². The SMILES string of the molecule is COC(Cc1cn(C(=O)OC(C)(C)C)c2c1C=CC(=O)C2=O)OC. The zero-order valence-electron chi connectivity index (χ0n) is 14.4. The smallest absolute Gasteiger partial charge is 0.419 e. The maximum atomic E-state index is 12.4. The van der Waals surface area contributed by atoms with Crippen LogP contribution < -0.4 is 0 Å². The molecule has 0 aliphatic heterocycles. The van der Waals surface area contributed by atoms with Gasteiger partial charge in [0.1, 0.15) is 11.3 Å². The fourth-order valence-corrected chi connectivity index (χ4v) is 2.40. The number of allylic oxidation sites excluding steroid dienone is 1. The fraction of sp³-hybridized carbons (Fsp3) is 0.471. The molecule has 0 unspecified atom stereocenters. The van der Waals surface area contributed by atoms with Crippen molar-refractivity contribution in [3.63, 3.8) is 0 Å². The van der Waals surface area contributed by atoms with Gasteiger partial charge in [0.25, 0.3) is 0 Å². The molecule has 0 radical (unpaired) electrons. The van der Waals surface area contributed by atoms with Gasteiger partial charge in [0.15, 0.2) is 6.29 Å². The van der Waals surface area contributed by atoms with Crippen LogP contribution in [0.4, 0.5) is 4.79 Å². The Labute approximate surface area is 140 Å². The van der Waals surface area contributed by atoms with Crippen LogP contribution in [0, 0.1) is 0 Å². The monoisotopic (exact) mass is 335 g/mol. The molecular formula is C17H21NO6. The number of methoxy groups -OCH3 is 2. The van der Waals surface area contributed by atoms with E-state index in [1.165, 1.54) is 32.6 Å². The number of fused-ring (bicyclic) bond motifs is 1. The van der Waals surface area contributed by atoms with Crippen LogP contribution in [0.1, 0.15) is 42.4 Å². The Hall–Kier alpha value is -2.25. The molecule has 0 aromatic carbocycles. The molecule has 1 aromatic rings. The Morgan fingerprint density at radius 1 is 1.17 bits per heavy atom. The fourth-order valence-electron chi connectivity index (χ4n) is 2.40. The maximum absolute atomic E-state index is 12.4. The summed E-state index contributed by atoms with van der Waals surface area (Å²) in [4.78, 5) is 36.4. The molecule has 1 heterocycles. The minimum absolute atomic E-state index is 0.0118. The zero-order valence-corrected chi connectivity index (χ0v) is 14.4. The molecule has 1 aliphatic rings. The van der Waals surface area contributed by atoms with Crippen LogP contribution in [0.15, 0.2) is 12.3 Å². The first kappa shape index (κ1) is 18.1. The summed E-state index contributed by atoms with van der Waals surface area (Å²) in [5.41, 5.74) is 0.442. The van der Waals surface area contributed by atoms with Crippen molar-refractivity contribution >= 4 is 23.7 Å². The van der Waals surface area contributed by atoms with Crippen LogP contribution in [0.3, 0.4) is 0 Å². The van der Waals surface area contributed by atoms with Gasteiger partial charge >= 0.3 is 6.09 Å². The number of carbonyl (C=O) groups is 3. The molecule has 1 aromatic heterocycles. The number of Topliss-reactive ketones (excluding diaryl/α,β-unsaturated/α-hetero) is 1. The molecule has 0 atom stereocenters. The van der Waals surface area contributed by atoms with Gasteiger partial charge in [-0.3, -0.25) is 9.59 Å². The lowest BCUT2D eigenvalue weighted by molar-refractivity contribution is -0.111. The van der Waals surface area contributed by atoms with E-state index in [1.54, 1.807) is 20.8 Å². The number of rotatable bonds is 4. The third-order valence-electron chi connectivity index (χ3n) is 3.47. The molecule has 24 heavy (non-hydrogen) atoms. The lowest BCUT2D eigenvalue weighted by Gasteiger charge is -2.20. The number of ketones is 2. The summed E-state index contributed by atoms with van der Waals surface area (Å²) in [5, 5.41) is 0. The lowest BCUT2D eigenvalue weighted by Crippen LogP contribution is -2.30. The molecule has 7 heteroatoms. The summed E-state index contributed by atoms with van der Waals surface area (Å²) in [6.07, 6.45) is 3.28. The Morgan fingerprint density at radius 3 is 2.33 bits per heavy atom. The van der Waals surface area contributed by atoms with Crippen molar-refractivity contribution in [2.45, 2.75) is 39.1 Å². The van der Waals surface area contributed by atoms with Crippen molar-refractivity contribution in [1.82, 2.24) is 4.57 Å². The highest BCUT2D eigenvalue weighted by atomic mass is 16.7. The van der Waals surface area contributed by atoms with Crippen molar-refractivity contribution in [2.24, 2.45) is 0 Å². The van der Waals surface area contributed by atoms with E-state index in [0.29, 0.717) is 17.5 Å². The zero-order chi connectivity index (χ0) is 18.1. The average Bonchev–Trinajstić information content (AvgIpc) is 2.86. The highest BCUT2D eigenvalue weighted by Crippen LogP contribution is 2.26. The minimum Gasteiger partial charge on any atom is -0.443 e. The lowest BCUT2D eigenvalue weighted by atomic mass is 9.98. The number of aromatic nitrogens is 1. The van der Waals surface area contributed by atoms with Crippen LogP contribution in [-0.2, 0) is 25.4 Å². The van der Waals surface area contributed by atoms with Gasteiger partial charge in [-0.15, -0.1) is 0 Å². The number of carbonyl (C=O) groups excluding carboxylic acids is 3. The quantitative estimate of drug-likeness (QED) is 0.619. The Bertz CT molecular complexity index is 703. The molecule has 0 fully saturated rings. The van der Waals surface area contributed by atoms with Crippen molar-refractivity contribution < 1.29 is 28.6 Å². The van der Waals surface area contributed by atoms with E-state index in [0.717, 1.165) is 4.57 Å². The highest BCUT2D eigenvalue weighted by molar-refractivity contribution is 6.50.